The minimum Gasteiger partial charge on any atom is -0.495 e. The maximum Gasteiger partial charge on any atom is 0.221 e. The summed E-state index contributed by atoms with van der Waals surface area (Å²) in [6, 6.07) is 15.5. The molecule has 0 aliphatic carbocycles. The molecule has 2 aromatic carbocycles. The molecule has 0 aromatic heterocycles. The fraction of sp³-hybridized carbons (Fsp3) is 0.333. The first-order chi connectivity index (χ1) is 13.6. The Balaban J connectivity index is 1.95. The van der Waals surface area contributed by atoms with Crippen LogP contribution in [0.5, 0.6) is 5.75 Å². The minimum absolute atomic E-state index is 0.0212. The molecular formula is C21H28N4O3. The van der Waals surface area contributed by atoms with E-state index in [-0.39, 0.29) is 18.4 Å². The summed E-state index contributed by atoms with van der Waals surface area (Å²) >= 11 is 0. The maximum atomic E-state index is 11.4. The molecule has 0 spiro atoms. The van der Waals surface area contributed by atoms with Gasteiger partial charge in [0.05, 0.1) is 19.4 Å². The standard InChI is InChI=1S/C21H28N4O3/c1-15(27)25-19-11-16(9-10-20(19)28-3)12-23-21(22-2)24-13-18(14-26)17-7-5-4-6-8-17/h4-11,18,26H,12-14H2,1-3H3,(H,25,27)(H2,22,23,24). The van der Waals surface area contributed by atoms with E-state index in [4.69, 9.17) is 4.74 Å². The third-order valence-electron chi connectivity index (χ3n) is 4.27. The van der Waals surface area contributed by atoms with E-state index in [1.165, 1.54) is 6.92 Å². The lowest BCUT2D eigenvalue weighted by Gasteiger charge is -2.18. The number of nitrogens with one attached hydrogen (secondary N) is 3. The second-order valence-electron chi connectivity index (χ2n) is 6.31. The molecule has 1 atom stereocenters. The second kappa shape index (κ2) is 10.9. The van der Waals surface area contributed by atoms with Gasteiger partial charge in [-0.2, -0.15) is 0 Å². The molecule has 2 aromatic rings. The van der Waals surface area contributed by atoms with Gasteiger partial charge < -0.3 is 25.8 Å². The quantitative estimate of drug-likeness (QED) is 0.413. The van der Waals surface area contributed by atoms with Crippen LogP contribution in [0.2, 0.25) is 0 Å². The summed E-state index contributed by atoms with van der Waals surface area (Å²) in [5.41, 5.74) is 2.67. The Hall–Kier alpha value is -3.06. The highest BCUT2D eigenvalue weighted by Gasteiger charge is 2.11. The SMILES string of the molecule is CN=C(NCc1ccc(OC)c(NC(C)=O)c1)NCC(CO)c1ccccc1. The Morgan fingerprint density at radius 1 is 1.18 bits per heavy atom. The van der Waals surface area contributed by atoms with E-state index in [0.717, 1.165) is 11.1 Å². The molecule has 1 unspecified atom stereocenters. The van der Waals surface area contributed by atoms with E-state index in [1.807, 2.05) is 48.5 Å². The Bertz CT molecular complexity index is 793. The van der Waals surface area contributed by atoms with Crippen molar-refractivity contribution in [3.8, 4) is 5.75 Å². The zero-order valence-electron chi connectivity index (χ0n) is 16.5. The van der Waals surface area contributed by atoms with Gasteiger partial charge >= 0.3 is 0 Å². The number of hydrogen-bond acceptors (Lipinski definition) is 4. The van der Waals surface area contributed by atoms with Crippen LogP contribution in [0, 0.1) is 0 Å². The molecule has 28 heavy (non-hydrogen) atoms. The Labute approximate surface area is 165 Å². The molecule has 150 valence electrons. The Kier molecular flexibility index (Phi) is 8.30. The molecule has 0 saturated heterocycles. The molecule has 2 rings (SSSR count). The lowest BCUT2D eigenvalue weighted by atomic mass is 10.0. The molecule has 7 nitrogen and oxygen atoms in total. The number of benzene rings is 2. The number of methoxy groups -OCH3 is 1. The van der Waals surface area contributed by atoms with E-state index in [2.05, 4.69) is 20.9 Å². The number of anilines is 1. The lowest BCUT2D eigenvalue weighted by Crippen LogP contribution is -2.39. The number of ether oxygens (including phenoxy) is 1. The Morgan fingerprint density at radius 3 is 2.54 bits per heavy atom. The number of guanidine groups is 1. The van der Waals surface area contributed by atoms with E-state index in [9.17, 15) is 9.90 Å². The smallest absolute Gasteiger partial charge is 0.221 e. The van der Waals surface area contributed by atoms with Crippen molar-refractivity contribution in [2.75, 3.05) is 32.6 Å². The van der Waals surface area contributed by atoms with Crippen LogP contribution in [0.1, 0.15) is 24.0 Å². The molecular weight excluding hydrogens is 356 g/mol. The molecule has 0 bridgehead atoms. The molecule has 7 heteroatoms. The number of rotatable bonds is 8. The van der Waals surface area contributed by atoms with Gasteiger partial charge in [-0.15, -0.1) is 0 Å². The van der Waals surface area contributed by atoms with E-state index < -0.39 is 0 Å². The highest BCUT2D eigenvalue weighted by molar-refractivity contribution is 5.90. The predicted molar refractivity (Wildman–Crippen MR) is 112 cm³/mol. The van der Waals surface area contributed by atoms with Gasteiger partial charge in [-0.05, 0) is 23.3 Å². The van der Waals surface area contributed by atoms with Crippen LogP contribution in [0.25, 0.3) is 0 Å². The fourth-order valence-electron chi connectivity index (χ4n) is 2.79. The van der Waals surface area contributed by atoms with E-state index in [0.29, 0.717) is 30.5 Å². The molecule has 4 N–H and O–H groups in total. The Morgan fingerprint density at radius 2 is 1.93 bits per heavy atom. The number of aliphatic hydroxyl groups excluding tert-OH is 1. The van der Waals surface area contributed by atoms with Crippen LogP contribution >= 0.6 is 0 Å². The van der Waals surface area contributed by atoms with Gasteiger partial charge in [0.25, 0.3) is 0 Å². The number of carbonyl (C=O) groups is 1. The zero-order valence-corrected chi connectivity index (χ0v) is 16.5. The third kappa shape index (κ3) is 6.28. The van der Waals surface area contributed by atoms with Gasteiger partial charge in [-0.1, -0.05) is 36.4 Å². The number of amides is 1. The van der Waals surface area contributed by atoms with Crippen LogP contribution in [-0.4, -0.2) is 44.3 Å². The topological polar surface area (TPSA) is 95.0 Å². The summed E-state index contributed by atoms with van der Waals surface area (Å²) in [4.78, 5) is 15.6. The van der Waals surface area contributed by atoms with Crippen LogP contribution < -0.4 is 20.7 Å². The van der Waals surface area contributed by atoms with Gasteiger partial charge in [-0.25, -0.2) is 0 Å². The van der Waals surface area contributed by atoms with Gasteiger partial charge in [0.2, 0.25) is 5.91 Å². The summed E-state index contributed by atoms with van der Waals surface area (Å²) in [5.74, 6) is 1.06. The summed E-state index contributed by atoms with van der Waals surface area (Å²) in [7, 11) is 3.26. The summed E-state index contributed by atoms with van der Waals surface area (Å²) in [5, 5.41) is 18.9. The second-order valence-corrected chi connectivity index (χ2v) is 6.31. The average Bonchev–Trinajstić information content (AvgIpc) is 2.71. The highest BCUT2D eigenvalue weighted by Crippen LogP contribution is 2.25. The first-order valence-corrected chi connectivity index (χ1v) is 9.12. The van der Waals surface area contributed by atoms with Crippen molar-refractivity contribution in [1.82, 2.24) is 10.6 Å². The summed E-state index contributed by atoms with van der Waals surface area (Å²) in [6.45, 7) is 2.58. The monoisotopic (exact) mass is 384 g/mol. The van der Waals surface area contributed by atoms with Crippen LogP contribution in [0.4, 0.5) is 5.69 Å². The van der Waals surface area contributed by atoms with Crippen molar-refractivity contribution < 1.29 is 14.6 Å². The summed E-state index contributed by atoms with van der Waals surface area (Å²) < 4.78 is 5.27. The van der Waals surface area contributed by atoms with Crippen molar-refractivity contribution in [2.24, 2.45) is 4.99 Å². The fourth-order valence-corrected chi connectivity index (χ4v) is 2.79. The van der Waals surface area contributed by atoms with Crippen molar-refractivity contribution in [2.45, 2.75) is 19.4 Å². The van der Waals surface area contributed by atoms with Gasteiger partial charge in [0.15, 0.2) is 5.96 Å². The molecule has 0 saturated carbocycles. The predicted octanol–water partition coefficient (Wildman–Crippen LogP) is 2.09. The minimum atomic E-state index is -0.156. The number of aliphatic imine (C=N–C) groups is 1. The molecule has 1 amide bonds. The van der Waals surface area contributed by atoms with Crippen molar-refractivity contribution >= 4 is 17.6 Å². The molecule has 0 heterocycles. The van der Waals surface area contributed by atoms with E-state index >= 15 is 0 Å². The number of carbonyl (C=O) groups excluding carboxylic acids is 1. The normalized spacial score (nSPS) is 12.2. The molecule has 0 fully saturated rings. The zero-order chi connectivity index (χ0) is 20.4. The van der Waals surface area contributed by atoms with Crippen molar-refractivity contribution in [3.05, 3.63) is 59.7 Å². The largest absolute Gasteiger partial charge is 0.495 e. The maximum absolute atomic E-state index is 11.4. The van der Waals surface area contributed by atoms with Gasteiger partial charge in [-0.3, -0.25) is 9.79 Å². The van der Waals surface area contributed by atoms with Crippen LogP contribution in [0.3, 0.4) is 0 Å². The number of hydrogen-bond donors (Lipinski definition) is 4. The van der Waals surface area contributed by atoms with Gasteiger partial charge in [0, 0.05) is 33.0 Å². The molecule has 0 aliphatic heterocycles. The summed E-state index contributed by atoms with van der Waals surface area (Å²) in [6.07, 6.45) is 0. The first kappa shape index (κ1) is 21.2. The number of nitrogens with zero attached hydrogens (tertiary/aromatic N) is 1. The molecule has 0 radical (unpaired) electrons. The van der Waals surface area contributed by atoms with Crippen LogP contribution in [-0.2, 0) is 11.3 Å². The first-order valence-electron chi connectivity index (χ1n) is 9.12. The lowest BCUT2D eigenvalue weighted by molar-refractivity contribution is -0.114. The third-order valence-corrected chi connectivity index (χ3v) is 4.27. The van der Waals surface area contributed by atoms with Crippen molar-refractivity contribution in [3.63, 3.8) is 0 Å². The van der Waals surface area contributed by atoms with Crippen LogP contribution in [0.15, 0.2) is 53.5 Å². The molecule has 0 aliphatic rings. The van der Waals surface area contributed by atoms with E-state index in [1.54, 1.807) is 14.2 Å². The van der Waals surface area contributed by atoms with Gasteiger partial charge in [0.1, 0.15) is 5.75 Å². The highest BCUT2D eigenvalue weighted by atomic mass is 16.5. The number of aliphatic hydroxyl groups is 1. The van der Waals surface area contributed by atoms with Crippen molar-refractivity contribution in [1.29, 1.82) is 0 Å². The average molecular weight is 384 g/mol.